The zero-order chi connectivity index (χ0) is 13.1. The molecule has 0 aliphatic heterocycles. The van der Waals surface area contributed by atoms with E-state index in [1.807, 2.05) is 19.9 Å². The van der Waals surface area contributed by atoms with Gasteiger partial charge in [0.2, 0.25) is 5.91 Å². The fourth-order valence-electron chi connectivity index (χ4n) is 1.56. The molecule has 2 aromatic rings. The van der Waals surface area contributed by atoms with Gasteiger partial charge in [-0.3, -0.25) is 9.48 Å². The number of anilines is 1. The molecule has 0 saturated heterocycles. The number of nitrogens with zero attached hydrogens (tertiary/aromatic N) is 4. The number of rotatable bonds is 3. The molecule has 2 aromatic heterocycles. The standard InChI is InChI=1S/C11H12ClN5O/c1-7-3-8(2)17(16-7)5-11(18)15-10-4-9(12)13-6-14-10/h3-4,6H,5H2,1-2H3,(H,13,14,15,18). The summed E-state index contributed by atoms with van der Waals surface area (Å²) in [5, 5.41) is 7.12. The molecule has 18 heavy (non-hydrogen) atoms. The summed E-state index contributed by atoms with van der Waals surface area (Å²) in [6.45, 7) is 3.92. The molecule has 0 saturated carbocycles. The molecule has 1 amide bonds. The Bertz CT molecular complexity index is 581. The Morgan fingerprint density at radius 1 is 1.39 bits per heavy atom. The predicted octanol–water partition coefficient (Wildman–Crippen LogP) is 1.58. The van der Waals surface area contributed by atoms with Crippen LogP contribution < -0.4 is 5.32 Å². The van der Waals surface area contributed by atoms with E-state index in [4.69, 9.17) is 11.6 Å². The molecular formula is C11H12ClN5O. The molecule has 0 unspecified atom stereocenters. The maximum Gasteiger partial charge on any atom is 0.247 e. The number of carbonyl (C=O) groups excluding carboxylic acids is 1. The lowest BCUT2D eigenvalue weighted by atomic mass is 10.4. The van der Waals surface area contributed by atoms with E-state index in [9.17, 15) is 4.79 Å². The summed E-state index contributed by atoms with van der Waals surface area (Å²) >= 11 is 5.70. The smallest absolute Gasteiger partial charge is 0.247 e. The summed E-state index contributed by atoms with van der Waals surface area (Å²) in [5.41, 5.74) is 1.81. The van der Waals surface area contributed by atoms with E-state index >= 15 is 0 Å². The maximum absolute atomic E-state index is 11.8. The highest BCUT2D eigenvalue weighted by molar-refractivity contribution is 6.29. The van der Waals surface area contributed by atoms with Crippen molar-refractivity contribution in [3.8, 4) is 0 Å². The first-order chi connectivity index (χ1) is 8.54. The second kappa shape index (κ2) is 5.14. The van der Waals surface area contributed by atoms with Gasteiger partial charge in [0.25, 0.3) is 0 Å². The Morgan fingerprint density at radius 3 is 2.78 bits per heavy atom. The average Bonchev–Trinajstić information content (AvgIpc) is 2.57. The van der Waals surface area contributed by atoms with E-state index in [1.165, 1.54) is 12.4 Å². The molecule has 0 fully saturated rings. The molecule has 0 aliphatic rings. The quantitative estimate of drug-likeness (QED) is 0.855. The maximum atomic E-state index is 11.8. The predicted molar refractivity (Wildman–Crippen MR) is 67.4 cm³/mol. The fraction of sp³-hybridized carbons (Fsp3) is 0.273. The number of carbonyl (C=O) groups is 1. The fourth-order valence-corrected chi connectivity index (χ4v) is 1.70. The van der Waals surface area contributed by atoms with Crippen molar-refractivity contribution in [3.05, 3.63) is 35.0 Å². The minimum Gasteiger partial charge on any atom is -0.309 e. The van der Waals surface area contributed by atoms with Crippen LogP contribution in [0.5, 0.6) is 0 Å². The van der Waals surface area contributed by atoms with E-state index in [1.54, 1.807) is 4.68 Å². The Labute approximate surface area is 109 Å². The van der Waals surface area contributed by atoms with Crippen LogP contribution in [-0.4, -0.2) is 25.7 Å². The molecule has 0 aliphatic carbocycles. The second-order valence-corrected chi connectivity index (χ2v) is 4.25. The summed E-state index contributed by atoms with van der Waals surface area (Å²) < 4.78 is 1.63. The third-order valence-electron chi connectivity index (χ3n) is 2.30. The molecule has 1 N–H and O–H groups in total. The Hall–Kier alpha value is -1.95. The molecule has 6 nitrogen and oxygen atoms in total. The summed E-state index contributed by atoms with van der Waals surface area (Å²) in [4.78, 5) is 19.4. The minimum absolute atomic E-state index is 0.140. The lowest BCUT2D eigenvalue weighted by molar-refractivity contribution is -0.117. The van der Waals surface area contributed by atoms with Crippen molar-refractivity contribution >= 4 is 23.3 Å². The third-order valence-corrected chi connectivity index (χ3v) is 2.50. The van der Waals surface area contributed by atoms with E-state index < -0.39 is 0 Å². The van der Waals surface area contributed by atoms with Crippen molar-refractivity contribution < 1.29 is 4.79 Å². The molecule has 0 radical (unpaired) electrons. The lowest BCUT2D eigenvalue weighted by Crippen LogP contribution is -2.20. The van der Waals surface area contributed by atoms with Crippen molar-refractivity contribution in [2.24, 2.45) is 0 Å². The molecule has 7 heteroatoms. The van der Waals surface area contributed by atoms with Crippen LogP contribution >= 0.6 is 11.6 Å². The van der Waals surface area contributed by atoms with Crippen molar-refractivity contribution in [3.63, 3.8) is 0 Å². The Balaban J connectivity index is 2.03. The van der Waals surface area contributed by atoms with E-state index in [0.717, 1.165) is 11.4 Å². The Kier molecular flexibility index (Phi) is 3.57. The van der Waals surface area contributed by atoms with Crippen LogP contribution in [0.25, 0.3) is 0 Å². The van der Waals surface area contributed by atoms with Gasteiger partial charge >= 0.3 is 0 Å². The molecular weight excluding hydrogens is 254 g/mol. The van der Waals surface area contributed by atoms with Gasteiger partial charge in [0.05, 0.1) is 5.69 Å². The lowest BCUT2D eigenvalue weighted by Gasteiger charge is -2.05. The summed E-state index contributed by atoms with van der Waals surface area (Å²) in [5.74, 6) is 0.164. The number of halogens is 1. The molecule has 2 heterocycles. The first-order valence-corrected chi connectivity index (χ1v) is 5.71. The van der Waals surface area contributed by atoms with Gasteiger partial charge in [-0.15, -0.1) is 0 Å². The molecule has 0 spiro atoms. The number of aryl methyl sites for hydroxylation is 2. The van der Waals surface area contributed by atoms with Crippen LogP contribution in [0.15, 0.2) is 18.5 Å². The first-order valence-electron chi connectivity index (χ1n) is 5.33. The van der Waals surface area contributed by atoms with E-state index in [-0.39, 0.29) is 17.6 Å². The van der Waals surface area contributed by atoms with Gasteiger partial charge in [0.1, 0.15) is 23.8 Å². The van der Waals surface area contributed by atoms with Crippen LogP contribution in [0.1, 0.15) is 11.4 Å². The summed E-state index contributed by atoms with van der Waals surface area (Å²) in [7, 11) is 0. The van der Waals surface area contributed by atoms with Gasteiger partial charge < -0.3 is 5.32 Å². The zero-order valence-electron chi connectivity index (χ0n) is 10.0. The molecule has 0 bridgehead atoms. The molecule has 2 rings (SSSR count). The van der Waals surface area contributed by atoms with E-state index in [0.29, 0.717) is 5.82 Å². The largest absolute Gasteiger partial charge is 0.309 e. The van der Waals surface area contributed by atoms with Gasteiger partial charge in [-0.25, -0.2) is 9.97 Å². The average molecular weight is 266 g/mol. The SMILES string of the molecule is Cc1cc(C)n(CC(=O)Nc2cc(Cl)ncn2)n1. The molecule has 94 valence electrons. The van der Waals surface area contributed by atoms with Crippen molar-refractivity contribution in [1.82, 2.24) is 19.7 Å². The van der Waals surface area contributed by atoms with Gasteiger partial charge in [-0.2, -0.15) is 5.10 Å². The van der Waals surface area contributed by atoms with Crippen LogP contribution in [0, 0.1) is 13.8 Å². The first kappa shape index (κ1) is 12.5. The monoisotopic (exact) mass is 265 g/mol. The molecule has 0 atom stereocenters. The van der Waals surface area contributed by atoms with Crippen molar-refractivity contribution in [2.45, 2.75) is 20.4 Å². The highest BCUT2D eigenvalue weighted by Crippen LogP contribution is 2.09. The second-order valence-electron chi connectivity index (χ2n) is 3.86. The van der Waals surface area contributed by atoms with E-state index in [2.05, 4.69) is 20.4 Å². The van der Waals surface area contributed by atoms with Gasteiger partial charge in [-0.05, 0) is 19.9 Å². The van der Waals surface area contributed by atoms with Gasteiger partial charge in [0, 0.05) is 11.8 Å². The highest BCUT2D eigenvalue weighted by atomic mass is 35.5. The number of nitrogens with one attached hydrogen (secondary N) is 1. The Morgan fingerprint density at radius 2 is 2.17 bits per heavy atom. The number of aromatic nitrogens is 4. The van der Waals surface area contributed by atoms with Crippen LogP contribution in [0.4, 0.5) is 5.82 Å². The topological polar surface area (TPSA) is 72.7 Å². The van der Waals surface area contributed by atoms with Gasteiger partial charge in [-0.1, -0.05) is 11.6 Å². The van der Waals surface area contributed by atoms with Crippen molar-refractivity contribution in [1.29, 1.82) is 0 Å². The minimum atomic E-state index is -0.212. The summed E-state index contributed by atoms with van der Waals surface area (Å²) in [6, 6.07) is 3.40. The van der Waals surface area contributed by atoms with Crippen LogP contribution in [-0.2, 0) is 11.3 Å². The number of hydrogen-bond acceptors (Lipinski definition) is 4. The van der Waals surface area contributed by atoms with Crippen molar-refractivity contribution in [2.75, 3.05) is 5.32 Å². The third kappa shape index (κ3) is 3.04. The summed E-state index contributed by atoms with van der Waals surface area (Å²) in [6.07, 6.45) is 1.29. The number of amides is 1. The highest BCUT2D eigenvalue weighted by Gasteiger charge is 2.08. The normalized spacial score (nSPS) is 10.4. The molecule has 0 aromatic carbocycles. The van der Waals surface area contributed by atoms with Crippen LogP contribution in [0.3, 0.4) is 0 Å². The zero-order valence-corrected chi connectivity index (χ0v) is 10.8. The number of hydrogen-bond donors (Lipinski definition) is 1. The van der Waals surface area contributed by atoms with Crippen LogP contribution in [0.2, 0.25) is 5.15 Å². The van der Waals surface area contributed by atoms with Gasteiger partial charge in [0.15, 0.2) is 0 Å².